The van der Waals surface area contributed by atoms with E-state index in [4.69, 9.17) is 4.74 Å². The van der Waals surface area contributed by atoms with E-state index >= 15 is 0 Å². The molecule has 1 aliphatic carbocycles. The fourth-order valence-electron chi connectivity index (χ4n) is 3.73. The molecule has 3 rings (SSSR count). The van der Waals surface area contributed by atoms with Gasteiger partial charge in [-0.15, -0.1) is 0 Å². The van der Waals surface area contributed by atoms with Gasteiger partial charge < -0.3 is 10.1 Å². The highest BCUT2D eigenvalue weighted by Crippen LogP contribution is 2.44. The number of hydrogen-bond donors (Lipinski definition) is 1. The molecule has 0 spiro atoms. The number of rotatable bonds is 4. The number of para-hydroxylation sites is 1. The van der Waals surface area contributed by atoms with Crippen LogP contribution in [0, 0.1) is 5.92 Å². The fourth-order valence-corrected chi connectivity index (χ4v) is 3.73. The van der Waals surface area contributed by atoms with Crippen LogP contribution < -0.4 is 10.1 Å². The van der Waals surface area contributed by atoms with Crippen LogP contribution in [-0.2, 0) is 6.42 Å². The lowest BCUT2D eigenvalue weighted by Crippen LogP contribution is -2.24. The van der Waals surface area contributed by atoms with Crippen LogP contribution >= 0.6 is 0 Å². The van der Waals surface area contributed by atoms with Gasteiger partial charge in [0.15, 0.2) is 0 Å². The third-order valence-electron chi connectivity index (χ3n) is 4.68. The van der Waals surface area contributed by atoms with E-state index in [1.807, 2.05) is 0 Å². The van der Waals surface area contributed by atoms with E-state index in [1.54, 1.807) is 0 Å². The second-order valence-corrected chi connectivity index (χ2v) is 5.89. The van der Waals surface area contributed by atoms with Crippen LogP contribution in [-0.4, -0.2) is 19.7 Å². The lowest BCUT2D eigenvalue weighted by Gasteiger charge is -2.26. The average Bonchev–Trinajstić information content (AvgIpc) is 2.92. The van der Waals surface area contributed by atoms with Gasteiger partial charge in [0.2, 0.25) is 0 Å². The van der Waals surface area contributed by atoms with Crippen LogP contribution in [0.1, 0.15) is 49.7 Å². The van der Waals surface area contributed by atoms with E-state index in [0.717, 1.165) is 25.6 Å². The number of hydrogen-bond acceptors (Lipinski definition) is 2. The first-order valence-electron chi connectivity index (χ1n) is 7.85. The zero-order chi connectivity index (χ0) is 13.1. The highest BCUT2D eigenvalue weighted by molar-refractivity contribution is 5.45. The van der Waals surface area contributed by atoms with Crippen molar-refractivity contribution in [3.8, 4) is 5.75 Å². The third-order valence-corrected chi connectivity index (χ3v) is 4.68. The van der Waals surface area contributed by atoms with Gasteiger partial charge in [0.25, 0.3) is 0 Å². The monoisotopic (exact) mass is 259 g/mol. The Morgan fingerprint density at radius 3 is 3.11 bits per heavy atom. The zero-order valence-electron chi connectivity index (χ0n) is 12.0. The minimum atomic E-state index is 0.701. The molecule has 0 saturated heterocycles. The van der Waals surface area contributed by atoms with E-state index < -0.39 is 0 Å². The topological polar surface area (TPSA) is 21.3 Å². The Bertz CT molecular complexity index is 429. The summed E-state index contributed by atoms with van der Waals surface area (Å²) in [7, 11) is 0. The Hall–Kier alpha value is -1.02. The Labute approximate surface area is 116 Å². The highest BCUT2D eigenvalue weighted by Gasteiger charge is 2.31. The first-order valence-corrected chi connectivity index (χ1v) is 7.85. The Morgan fingerprint density at radius 1 is 1.26 bits per heavy atom. The summed E-state index contributed by atoms with van der Waals surface area (Å²) in [6.07, 6.45) is 6.41. The summed E-state index contributed by atoms with van der Waals surface area (Å²) in [6.45, 7) is 5.32. The zero-order valence-corrected chi connectivity index (χ0v) is 12.0. The molecular weight excluding hydrogens is 234 g/mol. The molecule has 1 N–H and O–H groups in total. The number of benzene rings is 1. The molecule has 1 aromatic rings. The number of aryl methyl sites for hydroxylation is 1. The summed E-state index contributed by atoms with van der Waals surface area (Å²) in [5, 5.41) is 3.53. The molecule has 0 bridgehead atoms. The van der Waals surface area contributed by atoms with Crippen LogP contribution in [0.25, 0.3) is 0 Å². The third kappa shape index (κ3) is 2.64. The molecule has 1 aromatic carbocycles. The van der Waals surface area contributed by atoms with Crippen LogP contribution in [0.4, 0.5) is 0 Å². The minimum Gasteiger partial charge on any atom is -0.493 e. The normalized spacial score (nSPS) is 25.9. The van der Waals surface area contributed by atoms with E-state index in [2.05, 4.69) is 30.4 Å². The van der Waals surface area contributed by atoms with Crippen LogP contribution in [0.3, 0.4) is 0 Å². The van der Waals surface area contributed by atoms with Gasteiger partial charge in [-0.2, -0.15) is 0 Å². The van der Waals surface area contributed by atoms with Crippen molar-refractivity contribution in [3.63, 3.8) is 0 Å². The Morgan fingerprint density at radius 2 is 2.21 bits per heavy atom. The van der Waals surface area contributed by atoms with Crippen molar-refractivity contribution in [3.05, 3.63) is 29.3 Å². The number of nitrogens with one attached hydrogen (secondary N) is 1. The van der Waals surface area contributed by atoms with Crippen molar-refractivity contribution >= 4 is 0 Å². The maximum Gasteiger partial charge on any atom is 0.125 e. The van der Waals surface area contributed by atoms with Crippen LogP contribution in [0.5, 0.6) is 5.75 Å². The second kappa shape index (κ2) is 5.96. The van der Waals surface area contributed by atoms with Gasteiger partial charge in [0, 0.05) is 0 Å². The molecule has 2 atom stereocenters. The van der Waals surface area contributed by atoms with Gasteiger partial charge in [0.05, 0.1) is 6.61 Å². The summed E-state index contributed by atoms with van der Waals surface area (Å²) in [5.41, 5.74) is 2.91. The van der Waals surface area contributed by atoms with Gasteiger partial charge in [-0.25, -0.2) is 0 Å². The van der Waals surface area contributed by atoms with Gasteiger partial charge in [-0.3, -0.25) is 0 Å². The number of fused-ring (bicyclic) bond motifs is 1. The van der Waals surface area contributed by atoms with Crippen molar-refractivity contribution in [2.45, 2.75) is 44.9 Å². The predicted molar refractivity (Wildman–Crippen MR) is 78.9 cm³/mol. The average molecular weight is 259 g/mol. The molecule has 1 saturated carbocycles. The summed E-state index contributed by atoms with van der Waals surface area (Å²) in [6, 6.07) is 6.77. The summed E-state index contributed by atoms with van der Waals surface area (Å²) in [5.74, 6) is 2.71. The van der Waals surface area contributed by atoms with Gasteiger partial charge in [-0.1, -0.05) is 31.5 Å². The lowest BCUT2D eigenvalue weighted by molar-refractivity contribution is 0.280. The summed E-state index contributed by atoms with van der Waals surface area (Å²) < 4.78 is 6.00. The molecular formula is C17H25NO. The van der Waals surface area contributed by atoms with Gasteiger partial charge in [0.1, 0.15) is 5.75 Å². The maximum absolute atomic E-state index is 6.00. The molecule has 2 aliphatic rings. The molecule has 2 nitrogen and oxygen atoms in total. The minimum absolute atomic E-state index is 0.701. The molecule has 2 heteroatoms. The van der Waals surface area contributed by atoms with Crippen molar-refractivity contribution in [1.82, 2.24) is 5.32 Å². The Kier molecular flexibility index (Phi) is 4.07. The lowest BCUT2D eigenvalue weighted by atomic mass is 9.86. The Balaban J connectivity index is 1.84. The van der Waals surface area contributed by atoms with Crippen LogP contribution in [0.2, 0.25) is 0 Å². The summed E-state index contributed by atoms with van der Waals surface area (Å²) >= 11 is 0. The first-order chi connectivity index (χ1) is 9.40. The molecule has 0 aromatic heterocycles. The molecule has 104 valence electrons. The van der Waals surface area contributed by atoms with Crippen molar-refractivity contribution < 1.29 is 4.74 Å². The standard InChI is InChI=1S/C17H25NO/c1-2-18-12-14-7-4-9-15(14)16-10-3-6-13-8-5-11-19-17(13)16/h3,6,10,14-15,18H,2,4-5,7-9,11-12H2,1H3. The van der Waals surface area contributed by atoms with E-state index in [1.165, 1.54) is 49.0 Å². The first kappa shape index (κ1) is 13.0. The molecule has 1 heterocycles. The smallest absolute Gasteiger partial charge is 0.125 e. The summed E-state index contributed by atoms with van der Waals surface area (Å²) in [4.78, 5) is 0. The van der Waals surface area contributed by atoms with Crippen LogP contribution in [0.15, 0.2) is 18.2 Å². The van der Waals surface area contributed by atoms with Crippen molar-refractivity contribution in [1.29, 1.82) is 0 Å². The molecule has 19 heavy (non-hydrogen) atoms. The molecule has 2 unspecified atom stereocenters. The molecule has 1 aliphatic heterocycles. The van der Waals surface area contributed by atoms with E-state index in [9.17, 15) is 0 Å². The van der Waals surface area contributed by atoms with E-state index in [0.29, 0.717) is 5.92 Å². The SMILES string of the molecule is CCNCC1CCCC1c1cccc2c1OCCC2. The van der Waals surface area contributed by atoms with Crippen molar-refractivity contribution in [2.24, 2.45) is 5.92 Å². The largest absolute Gasteiger partial charge is 0.493 e. The maximum atomic E-state index is 6.00. The second-order valence-electron chi connectivity index (χ2n) is 5.89. The fraction of sp³-hybridized carbons (Fsp3) is 0.647. The quantitative estimate of drug-likeness (QED) is 0.893. The van der Waals surface area contributed by atoms with E-state index in [-0.39, 0.29) is 0 Å². The highest BCUT2D eigenvalue weighted by atomic mass is 16.5. The molecule has 0 amide bonds. The van der Waals surface area contributed by atoms with Gasteiger partial charge >= 0.3 is 0 Å². The molecule has 1 fully saturated rings. The van der Waals surface area contributed by atoms with Crippen molar-refractivity contribution in [2.75, 3.05) is 19.7 Å². The predicted octanol–water partition coefficient (Wildman–Crippen LogP) is 3.50. The molecule has 0 radical (unpaired) electrons. The number of ether oxygens (including phenoxy) is 1. The van der Waals surface area contributed by atoms with Gasteiger partial charge in [-0.05, 0) is 61.7 Å².